The van der Waals surface area contributed by atoms with E-state index in [0.29, 0.717) is 31.4 Å². The minimum absolute atomic E-state index is 0.105. The van der Waals surface area contributed by atoms with Gasteiger partial charge in [0.1, 0.15) is 12.1 Å². The lowest BCUT2D eigenvalue weighted by atomic mass is 10.2. The third-order valence-electron chi connectivity index (χ3n) is 3.55. The standard InChI is InChI=1S/C16H19N3O3/c1-11(19-15(20)13-10-21-8-7-17-13)16-18-9-14(22-16)12-5-3-2-4-6-12/h2-6,9,11,13,17H,7-8,10H2,1H3,(H,19,20). The van der Waals surface area contributed by atoms with Crippen molar-refractivity contribution in [1.29, 1.82) is 0 Å². The molecular weight excluding hydrogens is 282 g/mol. The van der Waals surface area contributed by atoms with Crippen LogP contribution in [0.4, 0.5) is 0 Å². The number of morpholine rings is 1. The number of benzene rings is 1. The van der Waals surface area contributed by atoms with Crippen molar-refractivity contribution in [3.8, 4) is 11.3 Å². The van der Waals surface area contributed by atoms with Crippen LogP contribution in [-0.2, 0) is 9.53 Å². The quantitative estimate of drug-likeness (QED) is 0.895. The van der Waals surface area contributed by atoms with E-state index in [1.165, 1.54) is 0 Å². The predicted octanol–water partition coefficient (Wildman–Crippen LogP) is 1.51. The molecule has 0 spiro atoms. The second-order valence-corrected chi connectivity index (χ2v) is 5.24. The fourth-order valence-corrected chi connectivity index (χ4v) is 2.33. The largest absolute Gasteiger partial charge is 0.438 e. The molecule has 1 fully saturated rings. The molecule has 6 heteroatoms. The van der Waals surface area contributed by atoms with Crippen LogP contribution in [0.15, 0.2) is 40.9 Å². The van der Waals surface area contributed by atoms with Gasteiger partial charge >= 0.3 is 0 Å². The first-order chi connectivity index (χ1) is 10.7. The third kappa shape index (κ3) is 3.35. The average molecular weight is 301 g/mol. The van der Waals surface area contributed by atoms with E-state index in [0.717, 1.165) is 5.56 Å². The van der Waals surface area contributed by atoms with Gasteiger partial charge in [-0.1, -0.05) is 30.3 Å². The Morgan fingerprint density at radius 1 is 1.41 bits per heavy atom. The van der Waals surface area contributed by atoms with E-state index in [1.807, 2.05) is 37.3 Å². The summed E-state index contributed by atoms with van der Waals surface area (Å²) < 4.78 is 11.0. The van der Waals surface area contributed by atoms with E-state index in [2.05, 4.69) is 15.6 Å². The Morgan fingerprint density at radius 2 is 2.23 bits per heavy atom. The van der Waals surface area contributed by atoms with Gasteiger partial charge in [-0.3, -0.25) is 4.79 Å². The zero-order valence-electron chi connectivity index (χ0n) is 12.4. The zero-order valence-corrected chi connectivity index (χ0v) is 12.4. The Labute approximate surface area is 128 Å². The first-order valence-electron chi connectivity index (χ1n) is 7.36. The van der Waals surface area contributed by atoms with Crippen LogP contribution in [0.3, 0.4) is 0 Å². The molecule has 1 aliphatic heterocycles. The van der Waals surface area contributed by atoms with E-state index in [-0.39, 0.29) is 18.0 Å². The molecule has 22 heavy (non-hydrogen) atoms. The molecule has 1 aromatic heterocycles. The molecule has 2 atom stereocenters. The van der Waals surface area contributed by atoms with Crippen molar-refractivity contribution >= 4 is 5.91 Å². The minimum Gasteiger partial charge on any atom is -0.438 e. The van der Waals surface area contributed by atoms with Crippen LogP contribution in [0.2, 0.25) is 0 Å². The Kier molecular flexibility index (Phi) is 4.50. The molecule has 1 amide bonds. The molecule has 1 aromatic carbocycles. The number of carbonyl (C=O) groups excluding carboxylic acids is 1. The molecular formula is C16H19N3O3. The van der Waals surface area contributed by atoms with Gasteiger partial charge in [0.2, 0.25) is 11.8 Å². The van der Waals surface area contributed by atoms with E-state index in [1.54, 1.807) is 6.20 Å². The summed E-state index contributed by atoms with van der Waals surface area (Å²) >= 11 is 0. The van der Waals surface area contributed by atoms with Crippen LogP contribution in [-0.4, -0.2) is 36.7 Å². The number of rotatable bonds is 4. The van der Waals surface area contributed by atoms with Gasteiger partial charge in [0.25, 0.3) is 0 Å². The van der Waals surface area contributed by atoms with Crippen LogP contribution in [0.5, 0.6) is 0 Å². The lowest BCUT2D eigenvalue weighted by molar-refractivity contribution is -0.126. The molecule has 0 radical (unpaired) electrons. The number of oxazole rings is 1. The molecule has 2 heterocycles. The summed E-state index contributed by atoms with van der Waals surface area (Å²) in [6.07, 6.45) is 1.68. The number of ether oxygens (including phenoxy) is 1. The molecule has 3 rings (SSSR count). The molecule has 116 valence electrons. The molecule has 2 unspecified atom stereocenters. The van der Waals surface area contributed by atoms with Gasteiger partial charge in [-0.25, -0.2) is 4.98 Å². The van der Waals surface area contributed by atoms with Crippen LogP contribution >= 0.6 is 0 Å². The third-order valence-corrected chi connectivity index (χ3v) is 3.55. The molecule has 0 aliphatic carbocycles. The van der Waals surface area contributed by atoms with Crippen LogP contribution < -0.4 is 10.6 Å². The molecule has 6 nitrogen and oxygen atoms in total. The summed E-state index contributed by atoms with van der Waals surface area (Å²) in [5.74, 6) is 1.08. The summed E-state index contributed by atoms with van der Waals surface area (Å²) in [5, 5.41) is 6.01. The number of amides is 1. The van der Waals surface area contributed by atoms with Gasteiger partial charge in [-0.2, -0.15) is 0 Å². The van der Waals surface area contributed by atoms with Crippen LogP contribution in [0, 0.1) is 0 Å². The monoisotopic (exact) mass is 301 g/mol. The Bertz CT molecular complexity index is 621. The van der Waals surface area contributed by atoms with Gasteiger partial charge in [-0.05, 0) is 6.92 Å². The van der Waals surface area contributed by atoms with Gasteiger partial charge in [0.05, 0.1) is 19.4 Å². The molecule has 1 aliphatic rings. The summed E-state index contributed by atoms with van der Waals surface area (Å²) in [6, 6.07) is 9.12. The van der Waals surface area contributed by atoms with Crippen LogP contribution in [0.25, 0.3) is 11.3 Å². The second-order valence-electron chi connectivity index (χ2n) is 5.24. The first kappa shape index (κ1) is 14.7. The first-order valence-corrected chi connectivity index (χ1v) is 7.36. The van der Waals surface area contributed by atoms with Crippen LogP contribution in [0.1, 0.15) is 18.9 Å². The number of hydrogen-bond donors (Lipinski definition) is 2. The van der Waals surface area contributed by atoms with E-state index >= 15 is 0 Å². The topological polar surface area (TPSA) is 76.4 Å². The highest BCUT2D eigenvalue weighted by Crippen LogP contribution is 2.22. The highest BCUT2D eigenvalue weighted by atomic mass is 16.5. The molecule has 0 bridgehead atoms. The second kappa shape index (κ2) is 6.72. The predicted molar refractivity (Wildman–Crippen MR) is 81.1 cm³/mol. The number of hydrogen-bond acceptors (Lipinski definition) is 5. The van der Waals surface area contributed by atoms with E-state index in [9.17, 15) is 4.79 Å². The number of aromatic nitrogens is 1. The maximum Gasteiger partial charge on any atom is 0.240 e. The Morgan fingerprint density at radius 3 is 2.95 bits per heavy atom. The lowest BCUT2D eigenvalue weighted by Gasteiger charge is -2.24. The smallest absolute Gasteiger partial charge is 0.240 e. The number of nitrogens with one attached hydrogen (secondary N) is 2. The summed E-state index contributed by atoms with van der Waals surface area (Å²) in [4.78, 5) is 16.4. The van der Waals surface area contributed by atoms with Crippen molar-refractivity contribution in [3.63, 3.8) is 0 Å². The maximum absolute atomic E-state index is 12.1. The van der Waals surface area contributed by atoms with E-state index < -0.39 is 0 Å². The van der Waals surface area contributed by atoms with Crippen molar-refractivity contribution < 1.29 is 13.9 Å². The van der Waals surface area contributed by atoms with Gasteiger partial charge < -0.3 is 19.8 Å². The Hall–Kier alpha value is -2.18. The fraction of sp³-hybridized carbons (Fsp3) is 0.375. The van der Waals surface area contributed by atoms with Crippen molar-refractivity contribution in [2.24, 2.45) is 0 Å². The highest BCUT2D eigenvalue weighted by Gasteiger charge is 2.24. The van der Waals surface area contributed by atoms with Crippen molar-refractivity contribution in [3.05, 3.63) is 42.4 Å². The minimum atomic E-state index is -0.320. The Balaban J connectivity index is 1.64. The maximum atomic E-state index is 12.1. The fourth-order valence-electron chi connectivity index (χ4n) is 2.33. The van der Waals surface area contributed by atoms with Gasteiger partial charge in [-0.15, -0.1) is 0 Å². The highest BCUT2D eigenvalue weighted by molar-refractivity contribution is 5.82. The van der Waals surface area contributed by atoms with E-state index in [4.69, 9.17) is 9.15 Å². The summed E-state index contributed by atoms with van der Waals surface area (Å²) in [6.45, 7) is 3.56. The van der Waals surface area contributed by atoms with Crippen molar-refractivity contribution in [2.75, 3.05) is 19.8 Å². The normalized spacial score (nSPS) is 19.6. The van der Waals surface area contributed by atoms with Crippen molar-refractivity contribution in [1.82, 2.24) is 15.6 Å². The molecule has 0 saturated carbocycles. The summed E-state index contributed by atoms with van der Waals surface area (Å²) in [5.41, 5.74) is 0.960. The number of nitrogens with zero attached hydrogens (tertiary/aromatic N) is 1. The molecule has 1 saturated heterocycles. The van der Waals surface area contributed by atoms with Gasteiger partial charge in [0, 0.05) is 12.1 Å². The number of carbonyl (C=O) groups is 1. The zero-order chi connectivity index (χ0) is 15.4. The van der Waals surface area contributed by atoms with Crippen molar-refractivity contribution in [2.45, 2.75) is 19.0 Å². The molecule has 2 aromatic rings. The van der Waals surface area contributed by atoms with Gasteiger partial charge in [0.15, 0.2) is 5.76 Å². The lowest BCUT2D eigenvalue weighted by Crippen LogP contribution is -2.51. The summed E-state index contributed by atoms with van der Waals surface area (Å²) in [7, 11) is 0. The average Bonchev–Trinajstić information content (AvgIpc) is 3.06. The molecule has 2 N–H and O–H groups in total. The SMILES string of the molecule is CC(NC(=O)C1COCCN1)c1ncc(-c2ccccc2)o1.